The fraction of sp³-hybridized carbons (Fsp3) is 0.571. The maximum absolute atomic E-state index is 10.6. The van der Waals surface area contributed by atoms with E-state index in [4.69, 9.17) is 16.2 Å². The molecule has 5 N–H and O–H groups in total. The fourth-order valence-electron chi connectivity index (χ4n) is 2.28. The summed E-state index contributed by atoms with van der Waals surface area (Å²) in [5.41, 5.74) is 11.8. The molecule has 0 amide bonds. The summed E-state index contributed by atoms with van der Waals surface area (Å²) in [4.78, 5) is 20.5. The highest BCUT2D eigenvalue weighted by Crippen LogP contribution is 2.11. The molecule has 132 valence electrons. The first-order chi connectivity index (χ1) is 11.5. The molecule has 10 heteroatoms. The minimum Gasteiger partial charge on any atom is -0.387 e. The second-order valence-electron chi connectivity index (χ2n) is 5.44. The van der Waals surface area contributed by atoms with E-state index in [9.17, 15) is 10.1 Å². The summed E-state index contributed by atoms with van der Waals surface area (Å²) < 4.78 is 5.28. The molecule has 0 aliphatic carbocycles. The van der Waals surface area contributed by atoms with Gasteiger partial charge in [0, 0.05) is 38.7 Å². The van der Waals surface area contributed by atoms with Crippen molar-refractivity contribution >= 4 is 17.3 Å². The number of pyridine rings is 1. The number of amidine groups is 1. The van der Waals surface area contributed by atoms with Gasteiger partial charge >= 0.3 is 0 Å². The molecule has 1 aliphatic heterocycles. The maximum Gasteiger partial charge on any atom is 0.287 e. The second-order valence-corrected chi connectivity index (χ2v) is 5.44. The monoisotopic (exact) mass is 337 g/mol. The lowest BCUT2D eigenvalue weighted by Crippen LogP contribution is -2.43. The van der Waals surface area contributed by atoms with E-state index in [1.165, 1.54) is 12.3 Å². The highest BCUT2D eigenvalue weighted by atomic mass is 16.6. The number of morpholine rings is 1. The minimum absolute atomic E-state index is 0.0456. The normalized spacial score (nSPS) is 17.5. The van der Waals surface area contributed by atoms with Crippen LogP contribution in [0.4, 0.5) is 11.5 Å². The lowest BCUT2D eigenvalue weighted by Gasteiger charge is -2.27. The minimum atomic E-state index is -0.489. The van der Waals surface area contributed by atoms with E-state index < -0.39 is 4.92 Å². The molecular formula is C14H23N7O3. The molecular weight excluding hydrogens is 314 g/mol. The molecule has 1 aromatic rings. The fourth-order valence-corrected chi connectivity index (χ4v) is 2.28. The summed E-state index contributed by atoms with van der Waals surface area (Å²) in [5.74, 6) is 1.01. The Bertz CT molecular complexity index is 558. The van der Waals surface area contributed by atoms with Gasteiger partial charge in [-0.1, -0.05) is 0 Å². The number of aliphatic imine (C=N–C) groups is 1. The van der Waals surface area contributed by atoms with E-state index in [2.05, 4.69) is 20.2 Å². The average Bonchev–Trinajstić information content (AvgIpc) is 2.56. The number of rotatable bonds is 8. The van der Waals surface area contributed by atoms with Gasteiger partial charge < -0.3 is 21.5 Å². The molecule has 1 unspecified atom stereocenters. The first-order valence-corrected chi connectivity index (χ1v) is 7.77. The Morgan fingerprint density at radius 1 is 1.50 bits per heavy atom. The van der Waals surface area contributed by atoms with Gasteiger partial charge in [-0.25, -0.2) is 4.98 Å². The molecule has 0 spiro atoms. The van der Waals surface area contributed by atoms with Crippen molar-refractivity contribution in [3.63, 3.8) is 0 Å². The van der Waals surface area contributed by atoms with Crippen LogP contribution in [0.3, 0.4) is 0 Å². The van der Waals surface area contributed by atoms with Crippen molar-refractivity contribution in [3.8, 4) is 0 Å². The van der Waals surface area contributed by atoms with Crippen molar-refractivity contribution in [2.75, 3.05) is 44.7 Å². The van der Waals surface area contributed by atoms with Gasteiger partial charge in [-0.2, -0.15) is 0 Å². The summed E-state index contributed by atoms with van der Waals surface area (Å²) >= 11 is 0. The molecule has 0 aromatic carbocycles. The zero-order valence-corrected chi connectivity index (χ0v) is 13.4. The van der Waals surface area contributed by atoms with Crippen LogP contribution in [-0.2, 0) is 4.74 Å². The number of nitrogens with zero attached hydrogens (tertiary/aromatic N) is 4. The number of nitrogens with two attached hydrogens (primary N) is 2. The number of hydrogen-bond donors (Lipinski definition) is 3. The van der Waals surface area contributed by atoms with E-state index in [0.717, 1.165) is 26.3 Å². The van der Waals surface area contributed by atoms with Gasteiger partial charge in [0.25, 0.3) is 5.69 Å². The molecule has 2 heterocycles. The van der Waals surface area contributed by atoms with Crippen LogP contribution in [0, 0.1) is 10.1 Å². The van der Waals surface area contributed by atoms with Crippen molar-refractivity contribution < 1.29 is 9.66 Å². The highest BCUT2D eigenvalue weighted by molar-refractivity contribution is 5.80. The first-order valence-electron chi connectivity index (χ1n) is 7.77. The number of anilines is 1. The topological polar surface area (TPSA) is 145 Å². The van der Waals surface area contributed by atoms with Crippen LogP contribution in [0.2, 0.25) is 0 Å². The Hall–Kier alpha value is -2.30. The molecule has 10 nitrogen and oxygen atoms in total. The van der Waals surface area contributed by atoms with Crippen molar-refractivity contribution in [1.29, 1.82) is 0 Å². The van der Waals surface area contributed by atoms with Crippen LogP contribution >= 0.6 is 0 Å². The summed E-state index contributed by atoms with van der Waals surface area (Å²) in [6, 6.07) is 2.95. The van der Waals surface area contributed by atoms with Gasteiger partial charge in [0.1, 0.15) is 18.2 Å². The number of hydrogen-bond acceptors (Lipinski definition) is 8. The van der Waals surface area contributed by atoms with Gasteiger partial charge in [0.15, 0.2) is 0 Å². The molecule has 1 atom stereocenters. The first kappa shape index (κ1) is 18.0. The van der Waals surface area contributed by atoms with Crippen LogP contribution in [-0.4, -0.2) is 66.2 Å². The molecule has 1 aliphatic rings. The van der Waals surface area contributed by atoms with E-state index in [-0.39, 0.29) is 11.9 Å². The lowest BCUT2D eigenvalue weighted by molar-refractivity contribution is -0.385. The Balaban J connectivity index is 1.71. The Labute approximate surface area is 140 Å². The number of nitro groups is 1. The molecule has 0 bridgehead atoms. The van der Waals surface area contributed by atoms with Crippen LogP contribution in [0.1, 0.15) is 6.42 Å². The van der Waals surface area contributed by atoms with E-state index >= 15 is 0 Å². The second kappa shape index (κ2) is 9.11. The molecule has 0 radical (unpaired) electrons. The zero-order chi connectivity index (χ0) is 17.4. The molecule has 1 aromatic heterocycles. The van der Waals surface area contributed by atoms with Gasteiger partial charge in [-0.05, 0) is 6.07 Å². The van der Waals surface area contributed by atoms with Gasteiger partial charge in [0.05, 0.1) is 24.0 Å². The van der Waals surface area contributed by atoms with Crippen LogP contribution in [0.5, 0.6) is 0 Å². The Morgan fingerprint density at radius 2 is 2.25 bits per heavy atom. The standard InChI is InChI=1S/C14H23N7O3/c15-12(19-13(16)10-20-5-7-24-8-6-20)3-4-17-14-2-1-11(9-18-14)21(22)23/h1-2,9,13H,3-8,10,16H2,(H2,15,19)(H,17,18). The van der Waals surface area contributed by atoms with Gasteiger partial charge in [-0.15, -0.1) is 0 Å². The van der Waals surface area contributed by atoms with Gasteiger partial charge in [0.2, 0.25) is 0 Å². The van der Waals surface area contributed by atoms with Crippen molar-refractivity contribution in [3.05, 3.63) is 28.4 Å². The molecule has 2 rings (SSSR count). The predicted molar refractivity (Wildman–Crippen MR) is 90.9 cm³/mol. The number of nitrogens with one attached hydrogen (secondary N) is 1. The van der Waals surface area contributed by atoms with E-state index in [1.54, 1.807) is 6.07 Å². The smallest absolute Gasteiger partial charge is 0.287 e. The third-order valence-electron chi connectivity index (χ3n) is 3.53. The van der Waals surface area contributed by atoms with Crippen molar-refractivity contribution in [2.45, 2.75) is 12.6 Å². The SMILES string of the molecule is N/C(CCNc1ccc([N+](=O)[O-])cn1)=N\C(N)CN1CCOCC1. The van der Waals surface area contributed by atoms with Crippen LogP contribution in [0.15, 0.2) is 23.3 Å². The number of ether oxygens (including phenoxy) is 1. The number of aromatic nitrogens is 1. The highest BCUT2D eigenvalue weighted by Gasteiger charge is 2.13. The summed E-state index contributed by atoms with van der Waals surface area (Å²) in [7, 11) is 0. The third kappa shape index (κ3) is 6.07. The molecule has 24 heavy (non-hydrogen) atoms. The van der Waals surface area contributed by atoms with E-state index in [0.29, 0.717) is 31.2 Å². The largest absolute Gasteiger partial charge is 0.387 e. The molecule has 1 fully saturated rings. The summed E-state index contributed by atoms with van der Waals surface area (Å²) in [5, 5.41) is 13.6. The quantitative estimate of drug-likeness (QED) is 0.255. The average molecular weight is 337 g/mol. The van der Waals surface area contributed by atoms with Crippen LogP contribution < -0.4 is 16.8 Å². The molecule has 1 saturated heterocycles. The van der Waals surface area contributed by atoms with Gasteiger partial charge in [-0.3, -0.25) is 20.0 Å². The Morgan fingerprint density at radius 3 is 2.88 bits per heavy atom. The third-order valence-corrected chi connectivity index (χ3v) is 3.53. The molecule has 0 saturated carbocycles. The van der Waals surface area contributed by atoms with Crippen molar-refractivity contribution in [2.24, 2.45) is 16.5 Å². The van der Waals surface area contributed by atoms with Crippen LogP contribution in [0.25, 0.3) is 0 Å². The zero-order valence-electron chi connectivity index (χ0n) is 13.4. The van der Waals surface area contributed by atoms with Crippen molar-refractivity contribution in [1.82, 2.24) is 9.88 Å². The predicted octanol–water partition coefficient (Wildman–Crippen LogP) is -0.234. The Kier molecular flexibility index (Phi) is 6.85. The van der Waals surface area contributed by atoms with E-state index in [1.807, 2.05) is 0 Å². The maximum atomic E-state index is 10.6. The summed E-state index contributed by atoms with van der Waals surface area (Å²) in [6.45, 7) is 4.33. The summed E-state index contributed by atoms with van der Waals surface area (Å²) in [6.07, 6.45) is 1.36. The lowest BCUT2D eigenvalue weighted by atomic mass is 10.3.